The van der Waals surface area contributed by atoms with E-state index in [1.165, 1.54) is 47.6 Å². The lowest BCUT2D eigenvalue weighted by Gasteiger charge is -2.21. The van der Waals surface area contributed by atoms with Gasteiger partial charge in [-0.15, -0.1) is 0 Å². The van der Waals surface area contributed by atoms with Crippen molar-refractivity contribution < 1.29 is 13.5 Å². The van der Waals surface area contributed by atoms with Crippen LogP contribution in [0.4, 0.5) is 0 Å². The van der Waals surface area contributed by atoms with Crippen molar-refractivity contribution in [2.45, 2.75) is 10.3 Å². The molecule has 0 aromatic heterocycles. The third kappa shape index (κ3) is 5.31. The van der Waals surface area contributed by atoms with E-state index in [4.69, 9.17) is 50.1 Å². The molecule has 2 aromatic rings. The number of nitrogens with zero attached hydrogens (tertiary/aromatic N) is 3. The summed E-state index contributed by atoms with van der Waals surface area (Å²) in [6, 6.07) is 10.6. The fraction of sp³-hybridized carbons (Fsp3) is 0.0625. The summed E-state index contributed by atoms with van der Waals surface area (Å²) in [5.74, 6) is 0. The lowest BCUT2D eigenvalue weighted by Crippen LogP contribution is -2.28. The highest BCUT2D eigenvalue weighted by molar-refractivity contribution is 7.91. The maximum atomic E-state index is 13.2. The fourth-order valence-electron chi connectivity index (χ4n) is 2.29. The first-order valence-electron chi connectivity index (χ1n) is 7.29. The van der Waals surface area contributed by atoms with Crippen LogP contribution in [0.1, 0.15) is 10.9 Å². The molecule has 0 N–H and O–H groups in total. The topological polar surface area (TPSA) is 116 Å². The predicted octanol–water partition coefficient (Wildman–Crippen LogP) is 4.57. The Kier molecular flexibility index (Phi) is 7.17. The second-order valence-electron chi connectivity index (χ2n) is 5.18. The molecule has 3 rings (SSSR count). The molecule has 0 amide bonds. The van der Waals surface area contributed by atoms with Crippen LogP contribution in [-0.4, -0.2) is 24.7 Å². The number of benzene rings is 2. The van der Waals surface area contributed by atoms with Gasteiger partial charge >= 0.3 is 0 Å². The van der Waals surface area contributed by atoms with Gasteiger partial charge in [-0.3, -0.25) is 0 Å². The maximum Gasteiger partial charge on any atom is 0.257 e. The summed E-state index contributed by atoms with van der Waals surface area (Å²) < 4.78 is 26.4. The molecule has 28 heavy (non-hydrogen) atoms. The van der Waals surface area contributed by atoms with Crippen molar-refractivity contribution in [2.75, 3.05) is 0 Å². The third-order valence-corrected chi connectivity index (χ3v) is 6.20. The SMILES string of the molecule is O=S(=O)(c1ccc(Cl)cc1)C(c1ccc(Cl)cc1Cl)N1[C+]=NC=C1.O=[N+]([O-])[O-]. The summed E-state index contributed by atoms with van der Waals surface area (Å²) in [5.41, 5.74) is 0.380. The van der Waals surface area contributed by atoms with E-state index in [2.05, 4.69) is 11.3 Å². The standard InChI is InChI=1S/C16H10Cl3N2O2S.NO3/c17-11-1-4-13(5-2-11)24(22,23)16(21-8-7-20-10-21)14-6-3-12(18)9-15(14)19;2-1(3)4/h1-9,16H;/q+1;-1. The van der Waals surface area contributed by atoms with Crippen LogP contribution in [-0.2, 0) is 9.84 Å². The third-order valence-electron chi connectivity index (χ3n) is 3.39. The first-order chi connectivity index (χ1) is 13.1. The number of halogens is 3. The van der Waals surface area contributed by atoms with Gasteiger partial charge in [-0.25, -0.2) is 8.42 Å². The smallest absolute Gasteiger partial charge is 0.257 e. The maximum absolute atomic E-state index is 13.2. The Morgan fingerprint density at radius 2 is 1.61 bits per heavy atom. The average Bonchev–Trinajstić information content (AvgIpc) is 3.11. The molecular formula is C16H10Cl3N3O5S. The van der Waals surface area contributed by atoms with Crippen LogP contribution < -0.4 is 0 Å². The van der Waals surface area contributed by atoms with E-state index >= 15 is 0 Å². The molecule has 1 aliphatic rings. The van der Waals surface area contributed by atoms with E-state index in [-0.39, 0.29) is 9.92 Å². The summed E-state index contributed by atoms with van der Waals surface area (Å²) in [4.78, 5) is 13.5. The van der Waals surface area contributed by atoms with Crippen molar-refractivity contribution in [3.63, 3.8) is 0 Å². The van der Waals surface area contributed by atoms with Gasteiger partial charge in [0.15, 0.2) is 6.20 Å². The van der Waals surface area contributed by atoms with Crippen molar-refractivity contribution >= 4 is 51.0 Å². The van der Waals surface area contributed by atoms with E-state index in [0.717, 1.165) is 0 Å². The van der Waals surface area contributed by atoms with Crippen LogP contribution in [0, 0.1) is 15.3 Å². The molecule has 0 fully saturated rings. The fourth-order valence-corrected chi connectivity index (χ4v) is 4.72. The van der Waals surface area contributed by atoms with Crippen LogP contribution in [0.5, 0.6) is 0 Å². The van der Waals surface area contributed by atoms with Crippen LogP contribution >= 0.6 is 34.8 Å². The minimum atomic E-state index is -3.82. The minimum Gasteiger partial charge on any atom is -0.356 e. The average molecular weight is 463 g/mol. The number of rotatable bonds is 4. The molecule has 2 aromatic carbocycles. The zero-order valence-electron chi connectivity index (χ0n) is 13.7. The molecule has 0 radical (unpaired) electrons. The Morgan fingerprint density at radius 1 is 1.04 bits per heavy atom. The molecule has 0 aliphatic carbocycles. The van der Waals surface area contributed by atoms with Crippen LogP contribution in [0.3, 0.4) is 0 Å². The monoisotopic (exact) mass is 461 g/mol. The van der Waals surface area contributed by atoms with Crippen LogP contribution in [0.2, 0.25) is 15.1 Å². The van der Waals surface area contributed by atoms with Gasteiger partial charge in [0.05, 0.1) is 9.98 Å². The summed E-state index contributed by atoms with van der Waals surface area (Å²) in [6.07, 6.45) is 5.60. The summed E-state index contributed by atoms with van der Waals surface area (Å²) >= 11 is 18.0. The highest BCUT2D eigenvalue weighted by atomic mass is 35.5. The number of hydrogen-bond acceptors (Lipinski definition) is 7. The van der Waals surface area contributed by atoms with Crippen molar-refractivity contribution in [1.82, 2.24) is 4.90 Å². The molecule has 0 bridgehead atoms. The molecular weight excluding hydrogens is 453 g/mol. The Bertz CT molecular complexity index is 1010. The Balaban J connectivity index is 0.000000640. The van der Waals surface area contributed by atoms with Gasteiger partial charge in [-0.1, -0.05) is 40.9 Å². The van der Waals surface area contributed by atoms with Crippen molar-refractivity contribution in [3.05, 3.63) is 90.8 Å². The molecule has 1 atom stereocenters. The summed E-state index contributed by atoms with van der Waals surface area (Å²) in [7, 11) is -3.82. The minimum absolute atomic E-state index is 0.116. The molecule has 0 saturated heterocycles. The highest BCUT2D eigenvalue weighted by Crippen LogP contribution is 2.37. The number of aliphatic imine (C=N–C) groups is 1. The zero-order valence-corrected chi connectivity index (χ0v) is 16.8. The zero-order chi connectivity index (χ0) is 20.9. The van der Waals surface area contributed by atoms with Crippen LogP contribution in [0.15, 0.2) is 64.8 Å². The van der Waals surface area contributed by atoms with E-state index < -0.39 is 20.3 Å². The quantitative estimate of drug-likeness (QED) is 0.373. The van der Waals surface area contributed by atoms with Gasteiger partial charge < -0.3 is 15.3 Å². The van der Waals surface area contributed by atoms with E-state index in [9.17, 15) is 8.42 Å². The highest BCUT2D eigenvalue weighted by Gasteiger charge is 2.39. The lowest BCUT2D eigenvalue weighted by atomic mass is 10.2. The molecule has 0 saturated carbocycles. The summed E-state index contributed by atoms with van der Waals surface area (Å²) in [5, 5.41) is 14.7. The number of hydrogen-bond donors (Lipinski definition) is 0. The van der Waals surface area contributed by atoms with E-state index in [1.54, 1.807) is 12.1 Å². The van der Waals surface area contributed by atoms with Gasteiger partial charge in [0, 0.05) is 20.6 Å². The molecule has 1 aliphatic heterocycles. The Morgan fingerprint density at radius 3 is 2.11 bits per heavy atom. The van der Waals surface area contributed by atoms with Crippen molar-refractivity contribution in [2.24, 2.45) is 4.99 Å². The van der Waals surface area contributed by atoms with Gasteiger partial charge in [0.1, 0.15) is 0 Å². The molecule has 146 valence electrons. The molecule has 1 unspecified atom stereocenters. The van der Waals surface area contributed by atoms with Crippen molar-refractivity contribution in [1.29, 1.82) is 0 Å². The molecule has 8 nitrogen and oxygen atoms in total. The van der Waals surface area contributed by atoms with Crippen molar-refractivity contribution in [3.8, 4) is 0 Å². The molecule has 1 heterocycles. The largest absolute Gasteiger partial charge is 0.356 e. The lowest BCUT2D eigenvalue weighted by molar-refractivity contribution is -0.402. The van der Waals surface area contributed by atoms with Gasteiger partial charge in [0.25, 0.3) is 6.34 Å². The normalized spacial score (nSPS) is 13.5. The second kappa shape index (κ2) is 9.18. The summed E-state index contributed by atoms with van der Waals surface area (Å²) in [6.45, 7) is 0. The van der Waals surface area contributed by atoms with Gasteiger partial charge in [-0.2, -0.15) is 4.90 Å². The Hall–Kier alpha value is -2.42. The first kappa shape index (κ1) is 21.9. The Labute approximate surface area is 175 Å². The van der Waals surface area contributed by atoms with Gasteiger partial charge in [-0.05, 0) is 41.4 Å². The van der Waals surface area contributed by atoms with Crippen LogP contribution in [0.25, 0.3) is 0 Å². The molecule has 12 heteroatoms. The van der Waals surface area contributed by atoms with Gasteiger partial charge in [0.2, 0.25) is 21.4 Å². The number of sulfone groups is 1. The second-order valence-corrected chi connectivity index (χ2v) is 8.46. The van der Waals surface area contributed by atoms with E-state index in [0.29, 0.717) is 15.6 Å². The first-order valence-corrected chi connectivity index (χ1v) is 9.97. The van der Waals surface area contributed by atoms with E-state index in [1.807, 2.05) is 0 Å². The predicted molar refractivity (Wildman–Crippen MR) is 107 cm³/mol. The molecule has 0 spiro atoms.